The van der Waals surface area contributed by atoms with E-state index >= 15 is 0 Å². The van der Waals surface area contributed by atoms with Gasteiger partial charge in [-0.25, -0.2) is 0 Å². The fraction of sp³-hybridized carbons (Fsp3) is 0.245. The topological polar surface area (TPSA) is 144 Å². The van der Waals surface area contributed by atoms with Crippen LogP contribution in [0.1, 0.15) is 22.8 Å². The number of hydrogen-bond acceptors (Lipinski definition) is 11. The summed E-state index contributed by atoms with van der Waals surface area (Å²) in [6, 6.07) is 30.6. The molecule has 0 saturated heterocycles. The zero-order valence-electron chi connectivity index (χ0n) is 38.8. The molecule has 0 aliphatic heterocycles. The van der Waals surface area contributed by atoms with Crippen molar-refractivity contribution in [1.29, 1.82) is 0 Å². The van der Waals surface area contributed by atoms with Crippen LogP contribution in [0.4, 0.5) is 0 Å². The fourth-order valence-corrected chi connectivity index (χ4v) is 6.60. The number of pyridine rings is 1. The van der Waals surface area contributed by atoms with E-state index in [2.05, 4.69) is 45.2 Å². The van der Waals surface area contributed by atoms with E-state index in [1.165, 1.54) is 0 Å². The van der Waals surface area contributed by atoms with Gasteiger partial charge >= 0.3 is 0 Å². The fourth-order valence-electron chi connectivity index (χ4n) is 6.60. The van der Waals surface area contributed by atoms with Gasteiger partial charge < -0.3 is 57.2 Å². The van der Waals surface area contributed by atoms with Gasteiger partial charge in [-0.3, -0.25) is 19.3 Å². The van der Waals surface area contributed by atoms with Crippen molar-refractivity contribution < 1.29 is 67.1 Å². The van der Waals surface area contributed by atoms with Crippen LogP contribution in [0.25, 0.3) is 34.1 Å². The summed E-state index contributed by atoms with van der Waals surface area (Å²) in [4.78, 5) is 4.08. The molecule has 0 amide bonds. The van der Waals surface area contributed by atoms with Crippen molar-refractivity contribution in [1.82, 2.24) is 29.5 Å². The summed E-state index contributed by atoms with van der Waals surface area (Å²) in [5, 5.41) is 10.8. The Hall–Kier alpha value is -7.36. The molecule has 0 spiro atoms. The number of ether oxygens (including phenoxy) is 8. The van der Waals surface area contributed by atoms with Gasteiger partial charge in [0.15, 0.2) is 0 Å². The summed E-state index contributed by atoms with van der Waals surface area (Å²) >= 11 is 0. The van der Waals surface area contributed by atoms with E-state index in [0.29, 0.717) is 40.2 Å². The van der Waals surface area contributed by atoms with Crippen molar-refractivity contribution in [2.24, 2.45) is 0 Å². The van der Waals surface area contributed by atoms with Crippen LogP contribution in [-0.4, -0.2) is 81.3 Å². The Morgan fingerprint density at radius 2 is 0.970 bits per heavy atom. The van der Waals surface area contributed by atoms with Crippen LogP contribution < -0.4 is 52.1 Å². The molecule has 0 fully saturated rings. The first-order chi connectivity index (χ1) is 31.5. The molecule has 347 valence electrons. The quantitative estimate of drug-likeness (QED) is 0.0919. The first-order valence-electron chi connectivity index (χ1n) is 20.1. The molecule has 66 heavy (non-hydrogen) atoms. The van der Waals surface area contributed by atoms with Gasteiger partial charge in [-0.1, -0.05) is 24.4 Å². The van der Waals surface area contributed by atoms with Crippen molar-refractivity contribution in [3.63, 3.8) is 0 Å². The van der Waals surface area contributed by atoms with Crippen molar-refractivity contribution >= 4 is 0 Å². The summed E-state index contributed by atoms with van der Waals surface area (Å²) < 4.78 is 51.0. The van der Waals surface area contributed by atoms with Gasteiger partial charge in [0.05, 0.1) is 74.0 Å². The van der Waals surface area contributed by atoms with Gasteiger partial charge in [-0.05, 0) is 81.2 Å². The first-order valence-corrected chi connectivity index (χ1v) is 20.1. The predicted molar refractivity (Wildman–Crippen MR) is 240 cm³/mol. The number of imidazole rings is 2. The molecular weight excluding hydrogens is 1020 g/mol. The van der Waals surface area contributed by atoms with Crippen molar-refractivity contribution in [2.75, 3.05) is 56.9 Å². The summed E-state index contributed by atoms with van der Waals surface area (Å²) in [7, 11) is 13.0. The van der Waals surface area contributed by atoms with Crippen molar-refractivity contribution in [3.05, 3.63) is 139 Å². The summed E-state index contributed by atoms with van der Waals surface area (Å²) in [6.07, 6.45) is 10.0. The Bertz CT molecular complexity index is 2520. The van der Waals surface area contributed by atoms with Crippen LogP contribution in [-0.2, 0) is 20.1 Å². The number of hydrogen-bond donors (Lipinski definition) is 0. The van der Waals surface area contributed by atoms with Crippen LogP contribution >= 0.6 is 0 Å². The van der Waals surface area contributed by atoms with E-state index in [-0.39, 0.29) is 20.1 Å². The van der Waals surface area contributed by atoms with Crippen LogP contribution in [0.2, 0.25) is 0 Å². The van der Waals surface area contributed by atoms with E-state index in [0.717, 1.165) is 62.7 Å². The van der Waals surface area contributed by atoms with Gasteiger partial charge in [-0.2, -0.15) is 12.1 Å². The van der Waals surface area contributed by atoms with Crippen molar-refractivity contribution in [3.8, 4) is 80.1 Å². The average Bonchev–Trinajstić information content (AvgIpc) is 4.09. The van der Waals surface area contributed by atoms with Crippen LogP contribution in [0.15, 0.2) is 91.3 Å². The second-order valence-electron chi connectivity index (χ2n) is 13.9. The van der Waals surface area contributed by atoms with Gasteiger partial charge in [0.2, 0.25) is 0 Å². The molecule has 8 aromatic rings. The molecule has 17 heteroatoms. The minimum atomic E-state index is 0. The molecular formula is C49H51IrN8O8-3. The smallest absolute Gasteiger partial charge is 0.267 e. The molecule has 16 nitrogen and oxygen atoms in total. The maximum absolute atomic E-state index is 5.55. The Balaban J connectivity index is 0.000000199. The Kier molecular flexibility index (Phi) is 17.3. The largest absolute Gasteiger partial charge is 0.558 e. The van der Waals surface area contributed by atoms with Crippen LogP contribution in [0, 0.1) is 52.5 Å². The number of rotatable bonds is 13. The third-order valence-corrected chi connectivity index (χ3v) is 10.4. The third-order valence-electron chi connectivity index (χ3n) is 10.4. The molecule has 0 aliphatic carbocycles. The average molecular weight is 1070 g/mol. The molecule has 0 atom stereocenters. The van der Waals surface area contributed by atoms with E-state index in [1.807, 2.05) is 113 Å². The maximum Gasteiger partial charge on any atom is 0.267 e. The van der Waals surface area contributed by atoms with Crippen LogP contribution in [0.3, 0.4) is 0 Å². The van der Waals surface area contributed by atoms with Gasteiger partial charge in [0.1, 0.15) is 34.4 Å². The zero-order chi connectivity index (χ0) is 46.6. The van der Waals surface area contributed by atoms with E-state index < -0.39 is 0 Å². The molecule has 0 unspecified atom stereocenters. The molecule has 0 bridgehead atoms. The molecule has 1 radical (unpaired) electrons. The number of methoxy groups -OCH3 is 8. The Morgan fingerprint density at radius 1 is 0.530 bits per heavy atom. The van der Waals surface area contributed by atoms with Gasteiger partial charge in [0.25, 0.3) is 12.7 Å². The molecule has 8 rings (SSSR count). The minimum absolute atomic E-state index is 0. The molecule has 0 aliphatic rings. The molecule has 4 aromatic heterocycles. The molecule has 4 aromatic carbocycles. The SMILES string of the molecule is COc1c[c-]c(-n2[c-][n+](-c3ccc(OC)cc3OC)c(C)c2C)c(OC)c1.COc1c[c-]c(-n2[c-][n+](-c3ccc(OC)cc3OC)c(C)c2C)c(OC)c1.[Ir].c1ccc(-c2cnn[n-]2)nc1. The van der Waals surface area contributed by atoms with E-state index in [9.17, 15) is 0 Å². The monoisotopic (exact) mass is 1070 g/mol. The molecule has 0 saturated carbocycles. The zero-order valence-corrected chi connectivity index (χ0v) is 41.2. The number of aromatic nitrogens is 8. The van der Waals surface area contributed by atoms with Gasteiger partial charge in [0, 0.05) is 72.8 Å². The number of nitrogens with zero attached hydrogens (tertiary/aromatic N) is 8. The minimum Gasteiger partial charge on any atom is -0.558 e. The summed E-state index contributed by atoms with van der Waals surface area (Å²) in [6.45, 7) is 8.11. The normalized spacial score (nSPS) is 10.3. The van der Waals surface area contributed by atoms with E-state index in [4.69, 9.17) is 37.9 Å². The Morgan fingerprint density at radius 3 is 1.33 bits per heavy atom. The Labute approximate surface area is 398 Å². The van der Waals surface area contributed by atoms with Crippen LogP contribution in [0.5, 0.6) is 46.0 Å². The van der Waals surface area contributed by atoms with Crippen molar-refractivity contribution in [2.45, 2.75) is 27.7 Å². The second-order valence-corrected chi connectivity index (χ2v) is 13.9. The predicted octanol–water partition coefficient (Wildman–Crippen LogP) is 6.50. The number of benzene rings is 4. The summed E-state index contributed by atoms with van der Waals surface area (Å²) in [5.74, 6) is 5.52. The first kappa shape index (κ1) is 49.7. The second kappa shape index (κ2) is 23.0. The maximum atomic E-state index is 5.55. The molecule has 4 heterocycles. The summed E-state index contributed by atoms with van der Waals surface area (Å²) in [5.41, 5.74) is 8.81. The standard InChI is InChI=1S/2C21H23N2O4.C7H5N4.Ir/c2*1-14-15(2)23(19-10-8-17(25-4)12-21(19)27-6)13-22(14)18-9-7-16(24-3)11-20(18)26-5;1-2-4-8-6(3-1)7-5-9-11-10-7;/h2*7-9,11-12H,1-6H3;1-5H;/q3*-1;. The third kappa shape index (κ3) is 10.8. The van der Waals surface area contributed by atoms with E-state index in [1.54, 1.807) is 81.4 Å². The molecule has 0 N–H and O–H groups in total. The van der Waals surface area contributed by atoms with Gasteiger partial charge in [-0.15, -0.1) is 12.1 Å².